The maximum Gasteiger partial charge on any atom is 0.121 e. The fraction of sp³-hybridized carbons (Fsp3) is 0.227. The summed E-state index contributed by atoms with van der Waals surface area (Å²) in [5.41, 5.74) is 11.2. The largest absolute Gasteiger partial charge is 0.500 e. The van der Waals surface area contributed by atoms with Crippen molar-refractivity contribution < 1.29 is 34.4 Å². The summed E-state index contributed by atoms with van der Waals surface area (Å²) in [6, 6.07) is 30.1. The molecule has 1 radical (unpaired) electrons. The normalized spacial score (nSPS) is 13.1. The minimum atomic E-state index is -2.13. The fourth-order valence-corrected chi connectivity index (χ4v) is 8.06. The number of halogens is 1. The molecule has 4 aromatic carbocycles. The molecule has 0 fully saturated rings. The van der Waals surface area contributed by atoms with Crippen molar-refractivity contribution in [2.24, 2.45) is 0 Å². The minimum absolute atomic E-state index is 0. The van der Waals surface area contributed by atoms with Crippen LogP contribution in [0.5, 0.6) is 0 Å². The maximum atomic E-state index is 14.6. The zero-order valence-corrected chi connectivity index (χ0v) is 33.1. The van der Waals surface area contributed by atoms with Crippen molar-refractivity contribution >= 4 is 35.2 Å². The average Bonchev–Trinajstić information content (AvgIpc) is 3.48. The number of furan rings is 1. The molecule has 0 unspecified atom stereocenters. The predicted molar refractivity (Wildman–Crippen MR) is 206 cm³/mol. The molecule has 257 valence electrons. The Labute approximate surface area is 316 Å². The van der Waals surface area contributed by atoms with Crippen molar-refractivity contribution in [3.63, 3.8) is 0 Å². The molecule has 0 saturated heterocycles. The quantitative estimate of drug-likeness (QED) is 0.128. The second kappa shape index (κ2) is 14.9. The van der Waals surface area contributed by atoms with E-state index in [4.69, 9.17) is 9.90 Å². The Balaban J connectivity index is 0.000000208. The maximum absolute atomic E-state index is 14.6. The van der Waals surface area contributed by atoms with E-state index in [1.807, 2.05) is 62.5 Å². The second-order valence-electron chi connectivity index (χ2n) is 13.9. The molecule has 3 nitrogen and oxygen atoms in total. The third-order valence-electron chi connectivity index (χ3n) is 8.73. The summed E-state index contributed by atoms with van der Waals surface area (Å²) in [7, 11) is -1.61. The Hall–Kier alpha value is -4.22. The molecule has 3 heterocycles. The number of fused-ring (bicyclic) bond motifs is 3. The van der Waals surface area contributed by atoms with Gasteiger partial charge in [-0.2, -0.15) is 0 Å². The van der Waals surface area contributed by atoms with Gasteiger partial charge in [0.2, 0.25) is 0 Å². The van der Waals surface area contributed by atoms with Crippen LogP contribution in [0.4, 0.5) is 4.39 Å². The van der Waals surface area contributed by atoms with Gasteiger partial charge in [0.1, 0.15) is 5.58 Å². The number of pyridine rings is 2. The molecule has 0 saturated carbocycles. The molecule has 0 amide bonds. The van der Waals surface area contributed by atoms with Gasteiger partial charge >= 0.3 is 0 Å². The molecule has 7 aromatic rings. The first-order chi connectivity index (χ1) is 24.8. The molecule has 7 rings (SSSR count). The molecule has 0 aliphatic carbocycles. The van der Waals surface area contributed by atoms with Gasteiger partial charge in [-0.15, -0.1) is 47.5 Å². The van der Waals surface area contributed by atoms with Gasteiger partial charge in [-0.05, 0) is 83.0 Å². The first kappa shape index (κ1) is 31.7. The standard InChI is InChI=1S/C26H19FNO.C18H24NSi.Ir/c1-15-12-16(2)24(17(3)13-15)18-10-11-28-22(14-18)19-8-9-21(27)25-20-6-4-5-7-23(20)29-26(19)25;1-13(2)16-11-17(15-9-7-14(3)8-10-15)19-12-18(16)20(4,5)6;/h4-7,9-14H,1-3H3;7-9,11-13H,1-6H3;/q2*-1;/i;3D3,13D;. The summed E-state index contributed by atoms with van der Waals surface area (Å²) in [6.07, 6.45) is 3.67. The summed E-state index contributed by atoms with van der Waals surface area (Å²) >= 11 is 0. The Morgan fingerprint density at radius 1 is 0.860 bits per heavy atom. The molecular weight excluding hydrogens is 812 g/mol. The van der Waals surface area contributed by atoms with Gasteiger partial charge in [0, 0.05) is 49.2 Å². The van der Waals surface area contributed by atoms with Gasteiger partial charge in [0.25, 0.3) is 0 Å². The number of hydrogen-bond donors (Lipinski definition) is 0. The van der Waals surface area contributed by atoms with Crippen LogP contribution in [0.3, 0.4) is 0 Å². The van der Waals surface area contributed by atoms with Crippen LogP contribution in [0, 0.1) is 45.6 Å². The summed E-state index contributed by atoms with van der Waals surface area (Å²) in [4.78, 5) is 9.11. The molecule has 0 N–H and O–H groups in total. The van der Waals surface area contributed by atoms with E-state index in [9.17, 15) is 4.39 Å². The number of para-hydroxylation sites is 1. The molecule has 0 aliphatic rings. The fourth-order valence-electron chi connectivity index (χ4n) is 6.48. The van der Waals surface area contributed by atoms with Crippen molar-refractivity contribution in [2.75, 3.05) is 0 Å². The van der Waals surface area contributed by atoms with Crippen LogP contribution in [0.2, 0.25) is 19.6 Å². The van der Waals surface area contributed by atoms with Gasteiger partial charge in [-0.3, -0.25) is 4.39 Å². The van der Waals surface area contributed by atoms with E-state index >= 15 is 0 Å². The van der Waals surface area contributed by atoms with Crippen molar-refractivity contribution in [1.82, 2.24) is 9.97 Å². The van der Waals surface area contributed by atoms with Crippen molar-refractivity contribution in [3.05, 3.63) is 137 Å². The molecule has 0 spiro atoms. The zero-order chi connectivity index (χ0) is 38.5. The molecule has 3 aromatic heterocycles. The third kappa shape index (κ3) is 7.58. The Morgan fingerprint density at radius 3 is 2.26 bits per heavy atom. The van der Waals surface area contributed by atoms with Gasteiger partial charge in [0.05, 0.1) is 13.7 Å². The number of nitrogens with zero attached hydrogens (tertiary/aromatic N) is 2. The molecular formula is C44H43FIrN2OSi-2. The Morgan fingerprint density at radius 2 is 1.60 bits per heavy atom. The van der Waals surface area contributed by atoms with E-state index in [2.05, 4.69) is 74.6 Å². The Bertz CT molecular complexity index is 2440. The summed E-state index contributed by atoms with van der Waals surface area (Å²) in [6.45, 7) is 14.7. The van der Waals surface area contributed by atoms with E-state index in [0.29, 0.717) is 27.8 Å². The van der Waals surface area contributed by atoms with E-state index in [1.54, 1.807) is 18.3 Å². The van der Waals surface area contributed by atoms with Crippen LogP contribution in [-0.2, 0) is 20.1 Å². The minimum Gasteiger partial charge on any atom is -0.500 e. The zero-order valence-electron chi connectivity index (χ0n) is 33.7. The number of rotatable bonds is 5. The van der Waals surface area contributed by atoms with Crippen LogP contribution in [0.25, 0.3) is 55.6 Å². The molecule has 50 heavy (non-hydrogen) atoms. The molecule has 0 aliphatic heterocycles. The summed E-state index contributed by atoms with van der Waals surface area (Å²) in [5, 5.41) is 2.42. The summed E-state index contributed by atoms with van der Waals surface area (Å²) in [5.74, 6) is -1.05. The third-order valence-corrected chi connectivity index (χ3v) is 10.7. The van der Waals surface area contributed by atoms with Crippen LogP contribution in [0.1, 0.15) is 53.0 Å². The van der Waals surface area contributed by atoms with E-state index in [1.165, 1.54) is 39.6 Å². The second-order valence-corrected chi connectivity index (χ2v) is 18.9. The first-order valence-electron chi connectivity index (χ1n) is 18.4. The SMILES string of the molecule is Cc1cc(C)c(-c2ccnc(-c3[c-]cc(F)c4c3oc3ccccc34)c2)c(C)c1.[2H]C([2H])([2H])c1c[c-]c(-c2cc(C([2H])(C)C)c([Si](C)(C)C)cn2)cc1.[Ir]. The smallest absolute Gasteiger partial charge is 0.121 e. The Kier molecular flexibility index (Phi) is 9.49. The number of hydrogen-bond acceptors (Lipinski definition) is 3. The van der Waals surface area contributed by atoms with Gasteiger partial charge in [-0.25, -0.2) is 0 Å². The number of aromatic nitrogens is 2. The van der Waals surface area contributed by atoms with Crippen LogP contribution >= 0.6 is 0 Å². The molecule has 0 atom stereocenters. The first-order valence-corrected chi connectivity index (χ1v) is 19.9. The van der Waals surface area contributed by atoms with Gasteiger partial charge in [-0.1, -0.05) is 99.5 Å². The van der Waals surface area contributed by atoms with Crippen LogP contribution in [0.15, 0.2) is 95.7 Å². The predicted octanol–water partition coefficient (Wildman–Crippen LogP) is 11.7. The van der Waals surface area contributed by atoms with E-state index in [0.717, 1.165) is 27.8 Å². The molecule has 0 bridgehead atoms. The van der Waals surface area contributed by atoms with Gasteiger partial charge in [0.15, 0.2) is 0 Å². The van der Waals surface area contributed by atoms with Crippen LogP contribution < -0.4 is 5.19 Å². The van der Waals surface area contributed by atoms with Crippen molar-refractivity contribution in [3.8, 4) is 33.6 Å². The van der Waals surface area contributed by atoms with E-state index in [-0.39, 0.29) is 31.5 Å². The van der Waals surface area contributed by atoms with Gasteiger partial charge < -0.3 is 14.4 Å². The number of benzene rings is 4. The average molecular weight is 859 g/mol. The van der Waals surface area contributed by atoms with Crippen molar-refractivity contribution in [1.29, 1.82) is 0 Å². The monoisotopic (exact) mass is 859 g/mol. The van der Waals surface area contributed by atoms with Crippen molar-refractivity contribution in [2.45, 2.75) is 67.0 Å². The summed E-state index contributed by atoms with van der Waals surface area (Å²) < 4.78 is 51.4. The van der Waals surface area contributed by atoms with Crippen LogP contribution in [-0.4, -0.2) is 18.0 Å². The molecule has 6 heteroatoms. The van der Waals surface area contributed by atoms with E-state index < -0.39 is 20.8 Å². The topological polar surface area (TPSA) is 38.9 Å². The number of aryl methyl sites for hydroxylation is 4.